The van der Waals surface area contributed by atoms with Crippen LogP contribution in [0.15, 0.2) is 23.1 Å². The molecule has 0 unspecified atom stereocenters. The fourth-order valence-corrected chi connectivity index (χ4v) is 3.97. The van der Waals surface area contributed by atoms with Gasteiger partial charge in [0.25, 0.3) is 0 Å². The van der Waals surface area contributed by atoms with Gasteiger partial charge in [0.15, 0.2) is 9.84 Å². The number of carbonyl (C=O) groups excluding carboxylic acids is 1. The molecule has 1 heterocycles. The summed E-state index contributed by atoms with van der Waals surface area (Å²) in [5.41, 5.74) is 1.43. The maximum absolute atomic E-state index is 12.6. The van der Waals surface area contributed by atoms with Crippen LogP contribution in [0, 0.1) is 0 Å². The zero-order valence-corrected chi connectivity index (χ0v) is 12.7. The minimum atomic E-state index is -3.65. The second kappa shape index (κ2) is 4.07. The molecule has 1 aromatic carbocycles. The highest BCUT2D eigenvalue weighted by Crippen LogP contribution is 2.40. The van der Waals surface area contributed by atoms with E-state index in [0.717, 1.165) is 5.56 Å². The van der Waals surface area contributed by atoms with Crippen LogP contribution in [0.5, 0.6) is 0 Å². The third-order valence-corrected chi connectivity index (χ3v) is 6.22. The van der Waals surface area contributed by atoms with Gasteiger partial charge in [-0.1, -0.05) is 19.9 Å². The largest absolute Gasteiger partial charge is 0.313 e. The average molecular weight is 281 g/mol. The molecule has 0 aliphatic carbocycles. The smallest absolute Gasteiger partial charge is 0.248 e. The van der Waals surface area contributed by atoms with Crippen LogP contribution in [0.25, 0.3) is 0 Å². The Morgan fingerprint density at radius 1 is 1.21 bits per heavy atom. The first kappa shape index (κ1) is 14.1. The Morgan fingerprint density at radius 3 is 2.32 bits per heavy atom. The third kappa shape index (κ3) is 1.79. The number of nitrogens with zero attached hydrogens (tertiary/aromatic N) is 1. The molecule has 0 spiro atoms. The number of rotatable bonds is 1. The van der Waals surface area contributed by atoms with Crippen molar-refractivity contribution in [3.05, 3.63) is 23.8 Å². The highest BCUT2D eigenvalue weighted by atomic mass is 32.2. The van der Waals surface area contributed by atoms with Crippen LogP contribution in [0.1, 0.15) is 39.2 Å². The molecule has 0 atom stereocenters. The molecule has 1 aliphatic rings. The van der Waals surface area contributed by atoms with E-state index in [0.29, 0.717) is 5.69 Å². The van der Waals surface area contributed by atoms with E-state index < -0.39 is 20.5 Å². The lowest BCUT2D eigenvalue weighted by atomic mass is 10.0. The Hall–Kier alpha value is -1.36. The van der Waals surface area contributed by atoms with Gasteiger partial charge in [0, 0.05) is 7.05 Å². The highest BCUT2D eigenvalue weighted by molar-refractivity contribution is 7.94. The van der Waals surface area contributed by atoms with Crippen molar-refractivity contribution < 1.29 is 13.2 Å². The number of carbonyl (C=O) groups is 1. The van der Waals surface area contributed by atoms with Crippen molar-refractivity contribution in [2.45, 2.75) is 43.3 Å². The average Bonchev–Trinajstić information content (AvgIpc) is 2.34. The molecule has 1 amide bonds. The molecular weight excluding hydrogens is 262 g/mol. The normalized spacial score (nSPS) is 20.5. The molecule has 5 heteroatoms. The van der Waals surface area contributed by atoms with Crippen molar-refractivity contribution in [2.24, 2.45) is 0 Å². The molecule has 0 aromatic heterocycles. The number of hydrogen-bond acceptors (Lipinski definition) is 3. The van der Waals surface area contributed by atoms with E-state index in [1.54, 1.807) is 19.2 Å². The van der Waals surface area contributed by atoms with Crippen molar-refractivity contribution in [1.29, 1.82) is 0 Å². The van der Waals surface area contributed by atoms with Gasteiger partial charge < -0.3 is 4.90 Å². The second-order valence-corrected chi connectivity index (χ2v) is 8.23. The summed E-state index contributed by atoms with van der Waals surface area (Å²) in [4.78, 5) is 13.9. The lowest BCUT2D eigenvalue weighted by Gasteiger charge is -2.36. The first-order valence-corrected chi connectivity index (χ1v) is 7.75. The van der Waals surface area contributed by atoms with Crippen LogP contribution in [-0.2, 0) is 14.6 Å². The van der Waals surface area contributed by atoms with Gasteiger partial charge in [-0.05, 0) is 37.5 Å². The van der Waals surface area contributed by atoms with Gasteiger partial charge in [0.1, 0.15) is 4.75 Å². The second-order valence-electron chi connectivity index (χ2n) is 5.76. The maximum Gasteiger partial charge on any atom is 0.248 e. The molecule has 0 bridgehead atoms. The first-order chi connectivity index (χ1) is 8.60. The molecule has 0 saturated carbocycles. The Bertz CT molecular complexity index is 645. The number of amides is 1. The maximum atomic E-state index is 12.6. The predicted molar refractivity (Wildman–Crippen MR) is 75.2 cm³/mol. The summed E-state index contributed by atoms with van der Waals surface area (Å²) < 4.78 is 23.8. The Balaban J connectivity index is 2.79. The molecule has 4 nitrogen and oxygen atoms in total. The summed E-state index contributed by atoms with van der Waals surface area (Å²) in [7, 11) is -2.03. The Morgan fingerprint density at radius 2 is 1.79 bits per heavy atom. The van der Waals surface area contributed by atoms with Gasteiger partial charge in [-0.25, -0.2) is 8.42 Å². The van der Waals surface area contributed by atoms with E-state index in [1.165, 1.54) is 18.7 Å². The van der Waals surface area contributed by atoms with Crippen LogP contribution in [0.4, 0.5) is 5.69 Å². The molecule has 1 aromatic rings. The minimum Gasteiger partial charge on any atom is -0.313 e. The van der Waals surface area contributed by atoms with E-state index >= 15 is 0 Å². The summed E-state index contributed by atoms with van der Waals surface area (Å²) in [6.07, 6.45) is 0. The van der Waals surface area contributed by atoms with Gasteiger partial charge in [-0.15, -0.1) is 0 Å². The topological polar surface area (TPSA) is 54.5 Å². The van der Waals surface area contributed by atoms with Crippen LogP contribution in [0.3, 0.4) is 0 Å². The SMILES string of the molecule is CC(C)c1ccc2c(c1)S(=O)(=O)C(C)(C)C(=O)N2C. The number of fused-ring (bicyclic) bond motifs is 1. The summed E-state index contributed by atoms with van der Waals surface area (Å²) in [5.74, 6) is -0.149. The monoisotopic (exact) mass is 281 g/mol. The zero-order chi connectivity index (χ0) is 14.6. The highest BCUT2D eigenvalue weighted by Gasteiger charge is 2.50. The van der Waals surface area contributed by atoms with Crippen molar-refractivity contribution >= 4 is 21.4 Å². The third-order valence-electron chi connectivity index (χ3n) is 3.79. The number of hydrogen-bond donors (Lipinski definition) is 0. The van der Waals surface area contributed by atoms with Crippen LogP contribution in [-0.4, -0.2) is 26.1 Å². The summed E-state index contributed by atoms with van der Waals surface area (Å²) in [6, 6.07) is 5.29. The molecule has 2 rings (SSSR count). The lowest BCUT2D eigenvalue weighted by molar-refractivity contribution is -0.120. The van der Waals surface area contributed by atoms with Crippen molar-refractivity contribution in [3.8, 4) is 0 Å². The molecular formula is C14H19NO3S. The number of anilines is 1. The minimum absolute atomic E-state index is 0.242. The fourth-order valence-electron chi connectivity index (χ4n) is 2.29. The van der Waals surface area contributed by atoms with Gasteiger partial charge in [-0.3, -0.25) is 4.79 Å². The van der Waals surface area contributed by atoms with E-state index in [4.69, 9.17) is 0 Å². The van der Waals surface area contributed by atoms with Gasteiger partial charge in [0.2, 0.25) is 5.91 Å². The summed E-state index contributed by atoms with van der Waals surface area (Å²) >= 11 is 0. The predicted octanol–water partition coefficient (Wildman–Crippen LogP) is 2.34. The van der Waals surface area contributed by atoms with E-state index in [2.05, 4.69) is 0 Å². The molecule has 0 saturated heterocycles. The van der Waals surface area contributed by atoms with Gasteiger partial charge in [-0.2, -0.15) is 0 Å². The molecule has 0 N–H and O–H groups in total. The zero-order valence-electron chi connectivity index (χ0n) is 11.9. The van der Waals surface area contributed by atoms with Crippen molar-refractivity contribution in [3.63, 3.8) is 0 Å². The van der Waals surface area contributed by atoms with E-state index in [9.17, 15) is 13.2 Å². The fraction of sp³-hybridized carbons (Fsp3) is 0.500. The standard InChI is InChI=1S/C14H19NO3S/c1-9(2)10-6-7-11-12(8-10)19(17,18)14(3,4)13(16)15(11)5/h6-9H,1-5H3. The molecule has 104 valence electrons. The number of sulfone groups is 1. The molecule has 1 aliphatic heterocycles. The van der Waals surface area contributed by atoms with Gasteiger partial charge >= 0.3 is 0 Å². The summed E-state index contributed by atoms with van der Waals surface area (Å²) in [6.45, 7) is 6.95. The van der Waals surface area contributed by atoms with Crippen molar-refractivity contribution in [2.75, 3.05) is 11.9 Å². The molecule has 0 fully saturated rings. The lowest BCUT2D eigenvalue weighted by Crippen LogP contribution is -2.52. The Labute approximate surface area is 114 Å². The quantitative estimate of drug-likeness (QED) is 0.794. The molecule has 0 radical (unpaired) electrons. The first-order valence-electron chi connectivity index (χ1n) is 6.27. The van der Waals surface area contributed by atoms with Crippen molar-refractivity contribution in [1.82, 2.24) is 0 Å². The van der Waals surface area contributed by atoms with E-state index in [1.807, 2.05) is 19.9 Å². The van der Waals surface area contributed by atoms with Crippen LogP contribution in [0.2, 0.25) is 0 Å². The number of benzene rings is 1. The summed E-state index contributed by atoms with van der Waals surface area (Å²) in [5, 5.41) is 0. The Kier molecular flexibility index (Phi) is 3.01. The van der Waals surface area contributed by atoms with Gasteiger partial charge in [0.05, 0.1) is 10.6 Å². The molecule has 19 heavy (non-hydrogen) atoms. The van der Waals surface area contributed by atoms with E-state index in [-0.39, 0.29) is 10.8 Å². The van der Waals surface area contributed by atoms with Crippen LogP contribution >= 0.6 is 0 Å². The van der Waals surface area contributed by atoms with Crippen LogP contribution < -0.4 is 4.90 Å².